The zero-order chi connectivity index (χ0) is 26.6. The molecular weight excluding hydrogens is 468 g/mol. The van der Waals surface area contributed by atoms with Crippen molar-refractivity contribution in [3.8, 4) is 23.0 Å². The third-order valence-corrected chi connectivity index (χ3v) is 5.97. The summed E-state index contributed by atoms with van der Waals surface area (Å²) in [6.07, 6.45) is 1.86. The van der Waals surface area contributed by atoms with Crippen LogP contribution in [0, 0.1) is 0 Å². The van der Waals surface area contributed by atoms with Gasteiger partial charge in [-0.2, -0.15) is 0 Å². The van der Waals surface area contributed by atoms with Gasteiger partial charge >= 0.3 is 0 Å². The van der Waals surface area contributed by atoms with E-state index in [-0.39, 0.29) is 51.4 Å². The van der Waals surface area contributed by atoms with Crippen LogP contribution in [0.1, 0.15) is 43.7 Å². The number of aliphatic hydroxyl groups excluding tert-OH is 2. The number of aromatic hydroxyl groups is 4. The van der Waals surface area contributed by atoms with Crippen molar-refractivity contribution in [2.24, 2.45) is 4.99 Å². The Bertz CT molecular complexity index is 1240. The summed E-state index contributed by atoms with van der Waals surface area (Å²) >= 11 is 0. The number of ether oxygens (including phenoxy) is 2. The maximum absolute atomic E-state index is 11.1. The number of methoxy groups -OCH3 is 1. The highest BCUT2D eigenvalue weighted by molar-refractivity contribution is 5.69. The third kappa shape index (κ3) is 5.26. The van der Waals surface area contributed by atoms with Crippen molar-refractivity contribution < 1.29 is 40.1 Å². The molecule has 0 spiro atoms. The van der Waals surface area contributed by atoms with E-state index in [1.807, 2.05) is 0 Å². The third-order valence-electron chi connectivity index (χ3n) is 5.97. The number of aliphatic imine (C=N–C) groups is 1. The number of nitrogens with zero attached hydrogens (tertiary/aromatic N) is 1. The molecule has 2 atom stereocenters. The summed E-state index contributed by atoms with van der Waals surface area (Å²) in [5.74, 6) is -2.54. The number of anilines is 1. The van der Waals surface area contributed by atoms with Gasteiger partial charge in [0.25, 0.3) is 0 Å². The molecule has 0 saturated heterocycles. The highest BCUT2D eigenvalue weighted by atomic mass is 16.5. The molecule has 2 aromatic carbocycles. The molecule has 1 aliphatic rings. The number of rotatable bonds is 8. The van der Waals surface area contributed by atoms with Crippen molar-refractivity contribution >= 4 is 17.8 Å². The number of phenolic OH excluding ortho intramolecular Hbond substituents is 4. The van der Waals surface area contributed by atoms with Gasteiger partial charge in [-0.25, -0.2) is 4.99 Å². The first-order chi connectivity index (χ1) is 17.1. The van der Waals surface area contributed by atoms with Crippen molar-refractivity contribution in [2.45, 2.75) is 44.8 Å². The molecule has 0 amide bonds. The summed E-state index contributed by atoms with van der Waals surface area (Å²) in [4.78, 5) is 4.15. The minimum Gasteiger partial charge on any atom is -0.508 e. The van der Waals surface area contributed by atoms with Gasteiger partial charge in [-0.15, -0.1) is 0 Å². The summed E-state index contributed by atoms with van der Waals surface area (Å²) in [5.41, 5.74) is 3.31. The van der Waals surface area contributed by atoms with Gasteiger partial charge in [0.15, 0.2) is 6.40 Å². The molecule has 0 heterocycles. The van der Waals surface area contributed by atoms with E-state index in [0.717, 1.165) is 18.5 Å². The van der Waals surface area contributed by atoms with E-state index in [1.54, 1.807) is 32.9 Å². The molecule has 3 rings (SSSR count). The van der Waals surface area contributed by atoms with E-state index in [1.165, 1.54) is 19.2 Å². The lowest BCUT2D eigenvalue weighted by Crippen LogP contribution is -2.52. The number of allylic oxidation sites excluding steroid dienone is 3. The maximum Gasteiger partial charge on any atom is 0.237 e. The van der Waals surface area contributed by atoms with Crippen LogP contribution >= 0.6 is 0 Å². The van der Waals surface area contributed by atoms with Crippen LogP contribution < -0.4 is 5.32 Å². The lowest BCUT2D eigenvalue weighted by molar-refractivity contribution is -0.0793. The number of phenols is 4. The van der Waals surface area contributed by atoms with Gasteiger partial charge in [-0.05, 0) is 32.9 Å². The molecule has 10 heteroatoms. The minimum atomic E-state index is -1.28. The topological polar surface area (TPSA) is 164 Å². The molecule has 10 nitrogen and oxygen atoms in total. The van der Waals surface area contributed by atoms with E-state index in [2.05, 4.69) is 16.0 Å². The number of hydrogen-bond acceptors (Lipinski definition) is 10. The molecule has 192 valence electrons. The van der Waals surface area contributed by atoms with Gasteiger partial charge in [-0.3, -0.25) is 0 Å². The van der Waals surface area contributed by atoms with Crippen molar-refractivity contribution in [3.05, 3.63) is 64.9 Å². The van der Waals surface area contributed by atoms with E-state index in [4.69, 9.17) is 9.47 Å². The highest BCUT2D eigenvalue weighted by Crippen LogP contribution is 2.56. The van der Waals surface area contributed by atoms with Crippen LogP contribution in [0.2, 0.25) is 0 Å². The van der Waals surface area contributed by atoms with Gasteiger partial charge in [0.1, 0.15) is 23.0 Å². The lowest BCUT2D eigenvalue weighted by atomic mass is 9.62. The Labute approximate surface area is 208 Å². The Morgan fingerprint density at radius 3 is 2.11 bits per heavy atom. The molecule has 1 aliphatic carbocycles. The Morgan fingerprint density at radius 1 is 0.944 bits per heavy atom. The van der Waals surface area contributed by atoms with Gasteiger partial charge in [-0.1, -0.05) is 5.73 Å². The molecule has 0 bridgehead atoms. The molecule has 0 radical (unpaired) electrons. The van der Waals surface area contributed by atoms with E-state index in [9.17, 15) is 30.6 Å². The fraction of sp³-hybridized carbons (Fsp3) is 0.308. The number of hydrogen-bond donors (Lipinski definition) is 7. The normalized spacial score (nSPS) is 21.4. The zero-order valence-electron chi connectivity index (χ0n) is 20.3. The smallest absolute Gasteiger partial charge is 0.237 e. The summed E-state index contributed by atoms with van der Waals surface area (Å²) in [6.45, 7) is 5.22. The molecule has 0 aliphatic heterocycles. The second-order valence-electron chi connectivity index (χ2n) is 8.20. The highest BCUT2D eigenvalue weighted by Gasteiger charge is 2.53. The number of aliphatic hydroxyl groups is 2. The van der Waals surface area contributed by atoms with Crippen LogP contribution in [-0.4, -0.2) is 56.4 Å². The van der Waals surface area contributed by atoms with Crippen LogP contribution in [0.25, 0.3) is 0 Å². The Balaban J connectivity index is 2.02. The van der Waals surface area contributed by atoms with Crippen molar-refractivity contribution in [1.29, 1.82) is 0 Å². The predicted molar refractivity (Wildman–Crippen MR) is 134 cm³/mol. The minimum absolute atomic E-state index is 0.0870. The molecule has 2 unspecified atom stereocenters. The van der Waals surface area contributed by atoms with Crippen LogP contribution in [0.4, 0.5) is 11.4 Å². The lowest BCUT2D eigenvalue weighted by Gasteiger charge is -2.47. The SMILES string of the molecule is CC=C=C(Nc1cc(O)cc(O)c1C1C(O)C(c2c(O)cc(O)cc2N=CO/C(C)=C/C)C1O)OC. The van der Waals surface area contributed by atoms with Crippen molar-refractivity contribution in [1.82, 2.24) is 0 Å². The standard InChI is InChI=1S/C26H30N2O8/c1-5-7-20(35-4)28-17-9-15(30)11-19(32)22(17)24-25(33)23(26(24)34)21-16(8-14(29)10-18(21)31)27-12-36-13(3)6-2/h5-6,8-12,23-26,28-34H,1-4H3/b13-6+,27-12?. The van der Waals surface area contributed by atoms with Gasteiger partial charge in [0, 0.05) is 47.2 Å². The van der Waals surface area contributed by atoms with Crippen LogP contribution in [0.3, 0.4) is 0 Å². The summed E-state index contributed by atoms with van der Waals surface area (Å²) < 4.78 is 10.5. The van der Waals surface area contributed by atoms with Crippen LogP contribution in [-0.2, 0) is 9.47 Å². The van der Waals surface area contributed by atoms with E-state index in [0.29, 0.717) is 5.76 Å². The molecular formula is C26H30N2O8. The van der Waals surface area contributed by atoms with Gasteiger partial charge in [0.2, 0.25) is 5.88 Å². The van der Waals surface area contributed by atoms with E-state index < -0.39 is 24.0 Å². The number of benzene rings is 2. The largest absolute Gasteiger partial charge is 0.508 e. The predicted octanol–water partition coefficient (Wildman–Crippen LogP) is 3.79. The average molecular weight is 499 g/mol. The van der Waals surface area contributed by atoms with Gasteiger partial charge in [0.05, 0.1) is 36.5 Å². The average Bonchev–Trinajstić information content (AvgIpc) is 2.82. The first-order valence-electron chi connectivity index (χ1n) is 11.1. The molecule has 0 aromatic heterocycles. The fourth-order valence-corrected chi connectivity index (χ4v) is 4.16. The summed E-state index contributed by atoms with van der Waals surface area (Å²) in [6, 6.07) is 4.75. The fourth-order valence-electron chi connectivity index (χ4n) is 4.16. The molecule has 2 aromatic rings. The second kappa shape index (κ2) is 11.1. The van der Waals surface area contributed by atoms with Crippen molar-refractivity contribution in [2.75, 3.05) is 12.4 Å². The monoisotopic (exact) mass is 498 g/mol. The van der Waals surface area contributed by atoms with Crippen molar-refractivity contribution in [3.63, 3.8) is 0 Å². The van der Waals surface area contributed by atoms with Crippen LogP contribution in [0.5, 0.6) is 23.0 Å². The second-order valence-corrected chi connectivity index (χ2v) is 8.20. The van der Waals surface area contributed by atoms with Gasteiger partial charge < -0.3 is 45.4 Å². The molecule has 1 saturated carbocycles. The zero-order valence-corrected chi connectivity index (χ0v) is 20.3. The van der Waals surface area contributed by atoms with Crippen LogP contribution in [0.15, 0.2) is 58.8 Å². The molecule has 36 heavy (non-hydrogen) atoms. The number of nitrogens with one attached hydrogen (secondary N) is 1. The molecule has 1 fully saturated rings. The Kier molecular flexibility index (Phi) is 8.16. The summed E-state index contributed by atoms with van der Waals surface area (Å²) in [5, 5.41) is 66.3. The van der Waals surface area contributed by atoms with E-state index >= 15 is 0 Å². The molecule has 7 N–H and O–H groups in total. The maximum atomic E-state index is 11.1. The summed E-state index contributed by atoms with van der Waals surface area (Å²) in [7, 11) is 1.40. The quantitative estimate of drug-likeness (QED) is 0.124. The Morgan fingerprint density at radius 2 is 1.53 bits per heavy atom. The Hall–Kier alpha value is -4.11. The first kappa shape index (κ1) is 26.5. The first-order valence-corrected chi connectivity index (χ1v) is 11.1.